The van der Waals surface area contributed by atoms with Crippen LogP contribution in [0.25, 0.3) is 0 Å². The van der Waals surface area contributed by atoms with Gasteiger partial charge in [-0.3, -0.25) is 14.6 Å². The largest absolute Gasteiger partial charge is 0.481 e. The quantitative estimate of drug-likeness (QED) is 0.859. The summed E-state index contributed by atoms with van der Waals surface area (Å²) in [6, 6.07) is 5.16. The SMILES string of the molecule is O=C(Cc1ccccn1)NC1CCCCC1C(=O)O. The van der Waals surface area contributed by atoms with E-state index in [9.17, 15) is 9.59 Å². The number of carboxylic acids is 1. The Morgan fingerprint density at radius 1 is 1.32 bits per heavy atom. The Bertz CT molecular complexity index is 447. The van der Waals surface area contributed by atoms with Crippen LogP contribution in [0.15, 0.2) is 24.4 Å². The monoisotopic (exact) mass is 262 g/mol. The molecule has 19 heavy (non-hydrogen) atoms. The van der Waals surface area contributed by atoms with Gasteiger partial charge in [-0.1, -0.05) is 18.9 Å². The van der Waals surface area contributed by atoms with Crippen molar-refractivity contribution in [3.63, 3.8) is 0 Å². The Balaban J connectivity index is 1.92. The molecule has 1 heterocycles. The highest BCUT2D eigenvalue weighted by atomic mass is 16.4. The van der Waals surface area contributed by atoms with E-state index in [0.717, 1.165) is 19.3 Å². The number of carbonyl (C=O) groups is 2. The van der Waals surface area contributed by atoms with Gasteiger partial charge in [-0.15, -0.1) is 0 Å². The van der Waals surface area contributed by atoms with Crippen molar-refractivity contribution < 1.29 is 14.7 Å². The lowest BCUT2D eigenvalue weighted by Crippen LogP contribution is -2.45. The number of hydrogen-bond donors (Lipinski definition) is 2. The number of amides is 1. The van der Waals surface area contributed by atoms with Gasteiger partial charge < -0.3 is 10.4 Å². The fraction of sp³-hybridized carbons (Fsp3) is 0.500. The molecule has 2 atom stereocenters. The van der Waals surface area contributed by atoms with Crippen LogP contribution in [-0.4, -0.2) is 28.0 Å². The van der Waals surface area contributed by atoms with E-state index in [1.54, 1.807) is 18.3 Å². The van der Waals surface area contributed by atoms with Gasteiger partial charge in [-0.05, 0) is 25.0 Å². The van der Waals surface area contributed by atoms with Crippen molar-refractivity contribution in [3.8, 4) is 0 Å². The van der Waals surface area contributed by atoms with E-state index in [2.05, 4.69) is 10.3 Å². The van der Waals surface area contributed by atoms with Crippen molar-refractivity contribution in [3.05, 3.63) is 30.1 Å². The minimum absolute atomic E-state index is 0.156. The summed E-state index contributed by atoms with van der Waals surface area (Å²) < 4.78 is 0. The number of nitrogens with one attached hydrogen (secondary N) is 1. The van der Waals surface area contributed by atoms with E-state index < -0.39 is 11.9 Å². The molecule has 2 N–H and O–H groups in total. The number of rotatable bonds is 4. The molecule has 0 radical (unpaired) electrons. The molecule has 2 rings (SSSR count). The molecule has 0 aliphatic heterocycles. The van der Waals surface area contributed by atoms with Gasteiger partial charge in [-0.25, -0.2) is 0 Å². The van der Waals surface area contributed by atoms with E-state index in [-0.39, 0.29) is 18.4 Å². The van der Waals surface area contributed by atoms with Crippen molar-refractivity contribution in [2.75, 3.05) is 0 Å². The van der Waals surface area contributed by atoms with Crippen LogP contribution in [0.1, 0.15) is 31.4 Å². The molecular formula is C14H18N2O3. The molecule has 1 saturated carbocycles. The number of aliphatic carboxylic acids is 1. The third kappa shape index (κ3) is 3.77. The molecule has 1 aliphatic rings. The summed E-state index contributed by atoms with van der Waals surface area (Å²) in [7, 11) is 0. The van der Waals surface area contributed by atoms with Crippen LogP contribution in [0.3, 0.4) is 0 Å². The predicted molar refractivity (Wildman–Crippen MR) is 69.5 cm³/mol. The second kappa shape index (κ2) is 6.31. The van der Waals surface area contributed by atoms with Gasteiger partial charge in [0.15, 0.2) is 0 Å². The minimum Gasteiger partial charge on any atom is -0.481 e. The highest BCUT2D eigenvalue weighted by Gasteiger charge is 2.31. The molecule has 1 aromatic rings. The van der Waals surface area contributed by atoms with Crippen LogP contribution in [0.5, 0.6) is 0 Å². The second-order valence-electron chi connectivity index (χ2n) is 4.90. The van der Waals surface area contributed by atoms with Crippen molar-refractivity contribution in [2.24, 2.45) is 5.92 Å². The summed E-state index contributed by atoms with van der Waals surface area (Å²) in [6.07, 6.45) is 5.11. The van der Waals surface area contributed by atoms with Crippen LogP contribution in [0, 0.1) is 5.92 Å². The van der Waals surface area contributed by atoms with Crippen molar-refractivity contribution in [1.82, 2.24) is 10.3 Å². The van der Waals surface area contributed by atoms with Crippen LogP contribution in [0.4, 0.5) is 0 Å². The smallest absolute Gasteiger partial charge is 0.308 e. The fourth-order valence-corrected chi connectivity index (χ4v) is 2.52. The third-order valence-electron chi connectivity index (χ3n) is 3.50. The molecule has 0 aromatic carbocycles. The summed E-state index contributed by atoms with van der Waals surface area (Å²) in [5, 5.41) is 12.0. The number of nitrogens with zero attached hydrogens (tertiary/aromatic N) is 1. The number of carboxylic acid groups (broad SMARTS) is 1. The Morgan fingerprint density at radius 2 is 2.11 bits per heavy atom. The lowest BCUT2D eigenvalue weighted by atomic mass is 9.84. The summed E-state index contributed by atoms with van der Waals surface area (Å²) in [5.41, 5.74) is 0.697. The van der Waals surface area contributed by atoms with E-state index in [0.29, 0.717) is 12.1 Å². The van der Waals surface area contributed by atoms with Crippen molar-refractivity contribution >= 4 is 11.9 Å². The standard InChI is InChI=1S/C14H18N2O3/c17-13(9-10-5-3-4-8-15-10)16-12-7-2-1-6-11(12)14(18)19/h3-5,8,11-12H,1-2,6-7,9H2,(H,16,17)(H,18,19). The van der Waals surface area contributed by atoms with Gasteiger partial charge in [0.25, 0.3) is 0 Å². The van der Waals surface area contributed by atoms with Gasteiger partial charge in [0.1, 0.15) is 0 Å². The van der Waals surface area contributed by atoms with Gasteiger partial charge in [-0.2, -0.15) is 0 Å². The summed E-state index contributed by atoms with van der Waals surface area (Å²) in [4.78, 5) is 27.1. The average Bonchev–Trinajstić information content (AvgIpc) is 2.40. The van der Waals surface area contributed by atoms with Crippen LogP contribution < -0.4 is 5.32 Å². The number of aromatic nitrogens is 1. The van der Waals surface area contributed by atoms with E-state index in [1.165, 1.54) is 0 Å². The summed E-state index contributed by atoms with van der Waals surface area (Å²) in [6.45, 7) is 0. The maximum Gasteiger partial charge on any atom is 0.308 e. The van der Waals surface area contributed by atoms with E-state index in [1.807, 2.05) is 6.07 Å². The molecule has 1 amide bonds. The third-order valence-corrected chi connectivity index (χ3v) is 3.50. The summed E-state index contributed by atoms with van der Waals surface area (Å²) >= 11 is 0. The van der Waals surface area contributed by atoms with Crippen LogP contribution in [0.2, 0.25) is 0 Å². The van der Waals surface area contributed by atoms with E-state index >= 15 is 0 Å². The zero-order chi connectivity index (χ0) is 13.7. The Hall–Kier alpha value is -1.91. The van der Waals surface area contributed by atoms with Crippen LogP contribution >= 0.6 is 0 Å². The molecule has 5 heteroatoms. The number of pyridine rings is 1. The highest BCUT2D eigenvalue weighted by molar-refractivity contribution is 5.79. The Labute approximate surface area is 112 Å². The van der Waals surface area contributed by atoms with Gasteiger partial charge in [0, 0.05) is 17.9 Å². The molecular weight excluding hydrogens is 244 g/mol. The Kier molecular flexibility index (Phi) is 4.49. The molecule has 1 fully saturated rings. The zero-order valence-corrected chi connectivity index (χ0v) is 10.7. The molecule has 5 nitrogen and oxygen atoms in total. The molecule has 0 spiro atoms. The normalized spacial score (nSPS) is 22.7. The first-order valence-corrected chi connectivity index (χ1v) is 6.59. The van der Waals surface area contributed by atoms with Gasteiger partial charge >= 0.3 is 5.97 Å². The first-order chi connectivity index (χ1) is 9.16. The molecule has 102 valence electrons. The van der Waals surface area contributed by atoms with Crippen LogP contribution in [-0.2, 0) is 16.0 Å². The maximum absolute atomic E-state index is 11.9. The minimum atomic E-state index is -0.817. The molecule has 2 unspecified atom stereocenters. The van der Waals surface area contributed by atoms with Gasteiger partial charge in [0.2, 0.25) is 5.91 Å². The predicted octanol–water partition coefficient (Wildman–Crippen LogP) is 1.38. The topological polar surface area (TPSA) is 79.3 Å². The number of carbonyl (C=O) groups excluding carboxylic acids is 1. The lowest BCUT2D eigenvalue weighted by Gasteiger charge is -2.29. The van der Waals surface area contributed by atoms with Crippen molar-refractivity contribution in [2.45, 2.75) is 38.1 Å². The Morgan fingerprint density at radius 3 is 2.79 bits per heavy atom. The average molecular weight is 262 g/mol. The highest BCUT2D eigenvalue weighted by Crippen LogP contribution is 2.24. The maximum atomic E-state index is 11.9. The first-order valence-electron chi connectivity index (χ1n) is 6.59. The van der Waals surface area contributed by atoms with Gasteiger partial charge in [0.05, 0.1) is 12.3 Å². The molecule has 0 bridgehead atoms. The zero-order valence-electron chi connectivity index (χ0n) is 10.7. The first kappa shape index (κ1) is 13.5. The molecule has 1 aromatic heterocycles. The van der Waals surface area contributed by atoms with E-state index in [4.69, 9.17) is 5.11 Å². The second-order valence-corrected chi connectivity index (χ2v) is 4.90. The number of hydrogen-bond acceptors (Lipinski definition) is 3. The molecule has 1 aliphatic carbocycles. The summed E-state index contributed by atoms with van der Waals surface area (Å²) in [5.74, 6) is -1.43. The molecule has 0 saturated heterocycles. The van der Waals surface area contributed by atoms with Crippen molar-refractivity contribution in [1.29, 1.82) is 0 Å². The fourth-order valence-electron chi connectivity index (χ4n) is 2.52. The lowest BCUT2D eigenvalue weighted by molar-refractivity contribution is -0.144.